The predicted octanol–water partition coefficient (Wildman–Crippen LogP) is 4.08. The molecule has 0 radical (unpaired) electrons. The summed E-state index contributed by atoms with van der Waals surface area (Å²) in [6, 6.07) is 4.02. The number of nitrogens with one attached hydrogen (secondary N) is 1. The van der Waals surface area contributed by atoms with Crippen LogP contribution in [0.2, 0.25) is 0 Å². The van der Waals surface area contributed by atoms with Crippen molar-refractivity contribution < 1.29 is 13.5 Å². The lowest BCUT2D eigenvalue weighted by Gasteiger charge is -2.57. The molecule has 0 saturated carbocycles. The molecule has 3 aromatic rings. The van der Waals surface area contributed by atoms with Crippen LogP contribution in [0.4, 0.5) is 20.4 Å². The fourth-order valence-corrected chi connectivity index (χ4v) is 6.12. The van der Waals surface area contributed by atoms with Gasteiger partial charge in [-0.2, -0.15) is 0 Å². The Morgan fingerprint density at radius 1 is 1.08 bits per heavy atom. The van der Waals surface area contributed by atoms with E-state index in [1.165, 1.54) is 18.6 Å². The highest BCUT2D eigenvalue weighted by molar-refractivity contribution is 5.60. The van der Waals surface area contributed by atoms with E-state index in [0.717, 1.165) is 88.2 Å². The van der Waals surface area contributed by atoms with Crippen molar-refractivity contribution in [3.8, 4) is 11.3 Å². The topological polar surface area (TPSA) is 71.3 Å². The Morgan fingerprint density at radius 3 is 2.53 bits per heavy atom. The number of anilines is 2. The summed E-state index contributed by atoms with van der Waals surface area (Å²) < 4.78 is 35.4. The SMILES string of the molecule is CCc1c(NC)ncnc1N1CCC(c2nc(-c3ccc(F)c(F)c3)cn2CCN2CCC23COC3)CC1. The van der Waals surface area contributed by atoms with Crippen LogP contribution in [0.3, 0.4) is 0 Å². The molecule has 1 aromatic carbocycles. The van der Waals surface area contributed by atoms with E-state index in [1.807, 2.05) is 13.2 Å². The standard InChI is InChI=1S/C28H35F2N7O/c1-3-21-25(31-2)32-18-33-27(21)35-9-6-19(7-10-35)26-34-24(20-4-5-22(29)23(30)14-20)15-36(26)12-13-37-11-8-28(37)16-38-17-28/h4-5,14-15,18-19H,3,6-13,16-17H2,1-2H3,(H,31,32,33). The van der Waals surface area contributed by atoms with Crippen LogP contribution < -0.4 is 10.2 Å². The summed E-state index contributed by atoms with van der Waals surface area (Å²) in [4.78, 5) is 18.9. The fourth-order valence-electron chi connectivity index (χ4n) is 6.12. The molecule has 0 atom stereocenters. The largest absolute Gasteiger partial charge is 0.377 e. The van der Waals surface area contributed by atoms with Crippen LogP contribution in [-0.2, 0) is 17.7 Å². The molecule has 3 fully saturated rings. The third-order valence-corrected chi connectivity index (χ3v) is 8.57. The average Bonchev–Trinajstić information content (AvgIpc) is 3.32. The maximum atomic E-state index is 14.0. The zero-order chi connectivity index (χ0) is 26.3. The normalized spacial score (nSPS) is 19.4. The van der Waals surface area contributed by atoms with Gasteiger partial charge in [0.2, 0.25) is 0 Å². The molecule has 202 valence electrons. The van der Waals surface area contributed by atoms with E-state index in [4.69, 9.17) is 9.72 Å². The molecule has 5 heterocycles. The number of ether oxygens (including phenoxy) is 1. The summed E-state index contributed by atoms with van der Waals surface area (Å²) in [6.07, 6.45) is 7.58. The maximum Gasteiger partial charge on any atom is 0.159 e. The number of halogens is 2. The monoisotopic (exact) mass is 523 g/mol. The Bertz CT molecular complexity index is 1290. The van der Waals surface area contributed by atoms with Gasteiger partial charge in [0.15, 0.2) is 11.6 Å². The van der Waals surface area contributed by atoms with E-state index >= 15 is 0 Å². The van der Waals surface area contributed by atoms with E-state index in [-0.39, 0.29) is 11.5 Å². The van der Waals surface area contributed by atoms with Gasteiger partial charge in [-0.3, -0.25) is 4.90 Å². The molecular formula is C28H35F2N7O. The second kappa shape index (κ2) is 10.2. The van der Waals surface area contributed by atoms with Gasteiger partial charge in [0.05, 0.1) is 24.4 Å². The van der Waals surface area contributed by atoms with Crippen molar-refractivity contribution in [1.82, 2.24) is 24.4 Å². The molecule has 3 aliphatic heterocycles. The van der Waals surface area contributed by atoms with Crippen LogP contribution >= 0.6 is 0 Å². The van der Waals surface area contributed by atoms with Crippen molar-refractivity contribution in [2.24, 2.45) is 0 Å². The molecule has 0 aliphatic carbocycles. The number of nitrogens with zero attached hydrogens (tertiary/aromatic N) is 6. The fraction of sp³-hybridized carbons (Fsp3) is 0.536. The first kappa shape index (κ1) is 25.2. The number of imidazole rings is 1. The second-order valence-corrected chi connectivity index (χ2v) is 10.7. The van der Waals surface area contributed by atoms with Crippen LogP contribution in [0.15, 0.2) is 30.7 Å². The minimum Gasteiger partial charge on any atom is -0.377 e. The number of aromatic nitrogens is 4. The lowest BCUT2D eigenvalue weighted by Crippen LogP contribution is -2.70. The van der Waals surface area contributed by atoms with Gasteiger partial charge in [-0.25, -0.2) is 23.7 Å². The summed E-state index contributed by atoms with van der Waals surface area (Å²) in [5.41, 5.74) is 2.66. The molecule has 10 heteroatoms. The van der Waals surface area contributed by atoms with Crippen LogP contribution in [-0.4, -0.2) is 76.4 Å². The highest BCUT2D eigenvalue weighted by Gasteiger charge is 2.50. The Morgan fingerprint density at radius 2 is 1.89 bits per heavy atom. The van der Waals surface area contributed by atoms with E-state index < -0.39 is 11.6 Å². The summed E-state index contributed by atoms with van der Waals surface area (Å²) in [7, 11) is 1.89. The zero-order valence-corrected chi connectivity index (χ0v) is 22.1. The van der Waals surface area contributed by atoms with Crippen LogP contribution in [0.5, 0.6) is 0 Å². The molecule has 0 bridgehead atoms. The Hall–Kier alpha value is -3.11. The first-order valence-electron chi connectivity index (χ1n) is 13.6. The molecule has 8 nitrogen and oxygen atoms in total. The van der Waals surface area contributed by atoms with Crippen LogP contribution in [0, 0.1) is 11.6 Å². The summed E-state index contributed by atoms with van der Waals surface area (Å²) in [6.45, 7) is 8.34. The van der Waals surface area contributed by atoms with Crippen LogP contribution in [0.25, 0.3) is 11.3 Å². The number of benzene rings is 1. The smallest absolute Gasteiger partial charge is 0.159 e. The van der Waals surface area contributed by atoms with E-state index in [1.54, 1.807) is 12.4 Å². The third-order valence-electron chi connectivity index (χ3n) is 8.57. The first-order chi connectivity index (χ1) is 18.5. The molecule has 0 unspecified atom stereocenters. The summed E-state index contributed by atoms with van der Waals surface area (Å²) >= 11 is 0. The van der Waals surface area contributed by atoms with Crippen LogP contribution in [0.1, 0.15) is 43.5 Å². The lowest BCUT2D eigenvalue weighted by molar-refractivity contribution is -0.192. The number of piperidine rings is 1. The van der Waals surface area contributed by atoms with Gasteiger partial charge in [0.25, 0.3) is 0 Å². The number of hydrogen-bond donors (Lipinski definition) is 1. The third kappa shape index (κ3) is 4.43. The molecule has 1 spiro atoms. The van der Waals surface area contributed by atoms with Crippen molar-refractivity contribution in [2.75, 3.05) is 56.7 Å². The van der Waals surface area contributed by atoms with Crippen molar-refractivity contribution >= 4 is 11.6 Å². The van der Waals surface area contributed by atoms with Gasteiger partial charge in [-0.05, 0) is 43.9 Å². The van der Waals surface area contributed by atoms with Gasteiger partial charge in [-0.1, -0.05) is 6.92 Å². The van der Waals surface area contributed by atoms with Crippen molar-refractivity contribution in [2.45, 2.75) is 50.6 Å². The van der Waals surface area contributed by atoms with Crippen molar-refractivity contribution in [1.29, 1.82) is 0 Å². The highest BCUT2D eigenvalue weighted by atomic mass is 19.2. The molecule has 1 N–H and O–H groups in total. The molecule has 3 aliphatic rings. The number of hydrogen-bond acceptors (Lipinski definition) is 7. The summed E-state index contributed by atoms with van der Waals surface area (Å²) in [5, 5.41) is 3.19. The van der Waals surface area contributed by atoms with Gasteiger partial charge in [-0.15, -0.1) is 0 Å². The zero-order valence-electron chi connectivity index (χ0n) is 22.1. The maximum absolute atomic E-state index is 14.0. The predicted molar refractivity (Wildman–Crippen MR) is 142 cm³/mol. The molecule has 2 aromatic heterocycles. The van der Waals surface area contributed by atoms with E-state index in [2.05, 4.69) is 36.6 Å². The average molecular weight is 524 g/mol. The van der Waals surface area contributed by atoms with Gasteiger partial charge in [0, 0.05) is 63.0 Å². The van der Waals surface area contributed by atoms with Crippen molar-refractivity contribution in [3.63, 3.8) is 0 Å². The minimum atomic E-state index is -0.850. The van der Waals surface area contributed by atoms with Gasteiger partial charge >= 0.3 is 0 Å². The molecule has 0 amide bonds. The Kier molecular flexibility index (Phi) is 6.77. The molecule has 3 saturated heterocycles. The lowest BCUT2D eigenvalue weighted by atomic mass is 9.83. The van der Waals surface area contributed by atoms with Gasteiger partial charge < -0.3 is 19.5 Å². The quantitative estimate of drug-likeness (QED) is 0.477. The Balaban J connectivity index is 1.23. The molecule has 6 rings (SSSR count). The second-order valence-electron chi connectivity index (χ2n) is 10.7. The molecule has 38 heavy (non-hydrogen) atoms. The number of likely N-dealkylation sites (tertiary alicyclic amines) is 1. The molecular weight excluding hydrogens is 488 g/mol. The van der Waals surface area contributed by atoms with Crippen molar-refractivity contribution in [3.05, 3.63) is 53.7 Å². The van der Waals surface area contributed by atoms with E-state index in [9.17, 15) is 8.78 Å². The Labute approximate surface area is 222 Å². The number of rotatable bonds is 8. The van der Waals surface area contributed by atoms with Gasteiger partial charge in [0.1, 0.15) is 23.8 Å². The first-order valence-corrected chi connectivity index (χ1v) is 13.6. The van der Waals surface area contributed by atoms with E-state index in [0.29, 0.717) is 11.3 Å². The highest BCUT2D eigenvalue weighted by Crippen LogP contribution is 2.38. The minimum absolute atomic E-state index is 0.232. The summed E-state index contributed by atoms with van der Waals surface area (Å²) in [5.74, 6) is 1.49.